The minimum absolute atomic E-state index is 0.108. The fourth-order valence-electron chi connectivity index (χ4n) is 2.34. The van der Waals surface area contributed by atoms with E-state index >= 15 is 0 Å². The lowest BCUT2D eigenvalue weighted by Crippen LogP contribution is -2.60. The fraction of sp³-hybridized carbons (Fsp3) is 0.778. The average Bonchev–Trinajstić information content (AvgIpc) is 2.65. The molecule has 3 atom stereocenters. The first kappa shape index (κ1) is 25.6. The van der Waals surface area contributed by atoms with Gasteiger partial charge in [-0.2, -0.15) is 0 Å². The SMILES string of the molecule is COC(=O)[C@@H]1COCCCCOC[C@H](NC(=O)OC(C)(C)C)C(=O)N[C@@H](N)C(=O)N1. The predicted molar refractivity (Wildman–Crippen MR) is 104 cm³/mol. The van der Waals surface area contributed by atoms with Gasteiger partial charge < -0.3 is 40.6 Å². The van der Waals surface area contributed by atoms with Gasteiger partial charge in [0, 0.05) is 13.2 Å². The van der Waals surface area contributed by atoms with Crippen molar-refractivity contribution in [2.75, 3.05) is 33.5 Å². The van der Waals surface area contributed by atoms with Gasteiger partial charge >= 0.3 is 12.1 Å². The van der Waals surface area contributed by atoms with Crippen LogP contribution in [0.3, 0.4) is 0 Å². The number of rotatable bonds is 2. The Morgan fingerprint density at radius 1 is 1.07 bits per heavy atom. The molecule has 0 aliphatic carbocycles. The van der Waals surface area contributed by atoms with Gasteiger partial charge in [0.05, 0.1) is 20.3 Å². The summed E-state index contributed by atoms with van der Waals surface area (Å²) in [4.78, 5) is 48.7. The van der Waals surface area contributed by atoms with Gasteiger partial charge in [0.1, 0.15) is 11.6 Å². The van der Waals surface area contributed by atoms with E-state index in [2.05, 4.69) is 20.7 Å². The molecule has 1 fully saturated rings. The van der Waals surface area contributed by atoms with Crippen LogP contribution >= 0.6 is 0 Å². The zero-order valence-corrected chi connectivity index (χ0v) is 17.8. The van der Waals surface area contributed by atoms with Crippen LogP contribution in [0, 0.1) is 0 Å². The minimum atomic E-state index is -1.49. The predicted octanol–water partition coefficient (Wildman–Crippen LogP) is -1.23. The van der Waals surface area contributed by atoms with E-state index in [4.69, 9.17) is 19.9 Å². The van der Waals surface area contributed by atoms with Gasteiger partial charge in [-0.05, 0) is 33.6 Å². The number of esters is 1. The van der Waals surface area contributed by atoms with Crippen molar-refractivity contribution in [2.45, 2.75) is 57.5 Å². The van der Waals surface area contributed by atoms with Crippen LogP contribution in [-0.2, 0) is 33.3 Å². The number of carbonyl (C=O) groups is 4. The second-order valence-corrected chi connectivity index (χ2v) is 7.63. The van der Waals surface area contributed by atoms with Crippen molar-refractivity contribution < 1.29 is 38.1 Å². The maximum absolute atomic E-state index is 12.5. The first-order valence-electron chi connectivity index (χ1n) is 9.62. The van der Waals surface area contributed by atoms with Crippen molar-refractivity contribution in [1.29, 1.82) is 0 Å². The Kier molecular flexibility index (Phi) is 10.5. The highest BCUT2D eigenvalue weighted by molar-refractivity contribution is 5.92. The Labute approximate surface area is 175 Å². The van der Waals surface area contributed by atoms with Crippen LogP contribution in [-0.4, -0.2) is 81.3 Å². The third kappa shape index (κ3) is 9.85. The summed E-state index contributed by atoms with van der Waals surface area (Å²) in [5.74, 6) is -2.28. The van der Waals surface area contributed by atoms with Crippen LogP contribution in [0.15, 0.2) is 0 Å². The molecule has 3 amide bonds. The lowest BCUT2D eigenvalue weighted by molar-refractivity contribution is -0.147. The number of alkyl carbamates (subject to hydrolysis) is 1. The number of hydrogen-bond donors (Lipinski definition) is 4. The van der Waals surface area contributed by atoms with E-state index in [-0.39, 0.29) is 13.2 Å². The Hall–Kier alpha value is -2.44. The second kappa shape index (κ2) is 12.3. The molecular formula is C18H32N4O8. The molecule has 12 heteroatoms. The third-order valence-electron chi connectivity index (χ3n) is 3.79. The van der Waals surface area contributed by atoms with Crippen LogP contribution in [0.25, 0.3) is 0 Å². The second-order valence-electron chi connectivity index (χ2n) is 7.63. The highest BCUT2D eigenvalue weighted by atomic mass is 16.6. The van der Waals surface area contributed by atoms with Gasteiger partial charge in [0.15, 0.2) is 12.2 Å². The van der Waals surface area contributed by atoms with Crippen molar-refractivity contribution in [1.82, 2.24) is 16.0 Å². The summed E-state index contributed by atoms with van der Waals surface area (Å²) in [7, 11) is 1.18. The van der Waals surface area contributed by atoms with Crippen molar-refractivity contribution >= 4 is 23.9 Å². The molecule has 1 rings (SSSR count). The molecule has 0 bridgehead atoms. The van der Waals surface area contributed by atoms with E-state index in [9.17, 15) is 19.2 Å². The van der Waals surface area contributed by atoms with Crippen molar-refractivity contribution in [3.8, 4) is 0 Å². The van der Waals surface area contributed by atoms with Crippen molar-refractivity contribution in [3.63, 3.8) is 0 Å². The molecule has 30 heavy (non-hydrogen) atoms. The number of nitrogens with two attached hydrogens (primary N) is 1. The number of carbonyl (C=O) groups excluding carboxylic acids is 4. The molecule has 0 aromatic rings. The van der Waals surface area contributed by atoms with Crippen molar-refractivity contribution in [3.05, 3.63) is 0 Å². The number of methoxy groups -OCH3 is 1. The summed E-state index contributed by atoms with van der Waals surface area (Å²) in [6.45, 7) is 5.43. The molecular weight excluding hydrogens is 400 g/mol. The molecule has 0 saturated carbocycles. The standard InChI is InChI=1S/C18H32N4O8/c1-18(2,3)30-17(26)21-11-9-28-7-5-6-8-29-10-12(16(25)27-4)20-15(24)13(19)22-14(11)23/h11-13H,5-10,19H2,1-4H3,(H,20,24)(H,21,26)(H,22,23)/t11-,12-,13+/m0/s1. The molecule has 5 N–H and O–H groups in total. The first-order chi connectivity index (χ1) is 14.0. The van der Waals surface area contributed by atoms with E-state index in [1.165, 1.54) is 7.11 Å². The Balaban J connectivity index is 2.87. The molecule has 0 aromatic heterocycles. The molecule has 1 saturated heterocycles. The monoisotopic (exact) mass is 432 g/mol. The van der Waals surface area contributed by atoms with Crippen LogP contribution in [0.1, 0.15) is 33.6 Å². The summed E-state index contributed by atoms with van der Waals surface area (Å²) in [5.41, 5.74) is 4.96. The number of amides is 3. The lowest BCUT2D eigenvalue weighted by Gasteiger charge is -2.24. The summed E-state index contributed by atoms with van der Waals surface area (Å²) >= 11 is 0. The topological polar surface area (TPSA) is 167 Å². The molecule has 12 nitrogen and oxygen atoms in total. The summed E-state index contributed by atoms with van der Waals surface area (Å²) in [5, 5.41) is 7.06. The van der Waals surface area contributed by atoms with E-state index in [0.29, 0.717) is 26.1 Å². The summed E-state index contributed by atoms with van der Waals surface area (Å²) in [6.07, 6.45) is -1.06. The van der Waals surface area contributed by atoms with Crippen LogP contribution in [0.2, 0.25) is 0 Å². The van der Waals surface area contributed by atoms with Crippen LogP contribution < -0.4 is 21.7 Å². The van der Waals surface area contributed by atoms with Crippen molar-refractivity contribution in [2.24, 2.45) is 5.73 Å². The van der Waals surface area contributed by atoms with E-state index in [1.807, 2.05) is 0 Å². The smallest absolute Gasteiger partial charge is 0.408 e. The number of ether oxygens (including phenoxy) is 4. The minimum Gasteiger partial charge on any atom is -0.467 e. The highest BCUT2D eigenvalue weighted by Gasteiger charge is 2.29. The molecule has 1 aliphatic rings. The largest absolute Gasteiger partial charge is 0.467 e. The normalized spacial score (nSPS) is 25.0. The summed E-state index contributed by atoms with van der Waals surface area (Å²) in [6, 6.07) is -2.22. The number of nitrogens with one attached hydrogen (secondary N) is 3. The maximum Gasteiger partial charge on any atom is 0.408 e. The first-order valence-corrected chi connectivity index (χ1v) is 9.62. The molecule has 172 valence electrons. The average molecular weight is 432 g/mol. The molecule has 1 aliphatic heterocycles. The zero-order chi connectivity index (χ0) is 22.7. The van der Waals surface area contributed by atoms with Gasteiger partial charge in [-0.3, -0.25) is 9.59 Å². The fourth-order valence-corrected chi connectivity index (χ4v) is 2.34. The zero-order valence-electron chi connectivity index (χ0n) is 17.8. The number of hydrogen-bond acceptors (Lipinski definition) is 9. The van der Waals surface area contributed by atoms with E-state index in [0.717, 1.165) is 0 Å². The van der Waals surface area contributed by atoms with Crippen LogP contribution in [0.4, 0.5) is 4.79 Å². The quantitative estimate of drug-likeness (QED) is 0.390. The molecule has 1 heterocycles. The molecule has 0 unspecified atom stereocenters. The lowest BCUT2D eigenvalue weighted by atomic mass is 10.2. The Morgan fingerprint density at radius 3 is 2.23 bits per heavy atom. The van der Waals surface area contributed by atoms with Gasteiger partial charge in [0.25, 0.3) is 5.91 Å². The molecule has 0 radical (unpaired) electrons. The van der Waals surface area contributed by atoms with Gasteiger partial charge in [-0.1, -0.05) is 0 Å². The maximum atomic E-state index is 12.5. The van der Waals surface area contributed by atoms with Crippen LogP contribution in [0.5, 0.6) is 0 Å². The molecule has 0 spiro atoms. The Bertz CT molecular complexity index is 607. The Morgan fingerprint density at radius 2 is 1.67 bits per heavy atom. The molecule has 0 aromatic carbocycles. The van der Waals surface area contributed by atoms with Gasteiger partial charge in [0.2, 0.25) is 5.91 Å². The van der Waals surface area contributed by atoms with Gasteiger partial charge in [-0.15, -0.1) is 0 Å². The van der Waals surface area contributed by atoms with E-state index in [1.54, 1.807) is 20.8 Å². The van der Waals surface area contributed by atoms with E-state index < -0.39 is 47.7 Å². The highest BCUT2D eigenvalue weighted by Crippen LogP contribution is 2.07. The third-order valence-corrected chi connectivity index (χ3v) is 3.79. The summed E-state index contributed by atoms with van der Waals surface area (Å²) < 4.78 is 20.6. The van der Waals surface area contributed by atoms with Gasteiger partial charge in [-0.25, -0.2) is 9.59 Å².